The minimum atomic E-state index is -2.65. The fourth-order valence-corrected chi connectivity index (χ4v) is 0.956. The van der Waals surface area contributed by atoms with E-state index in [1.165, 1.54) is 6.20 Å². The highest BCUT2D eigenvalue weighted by molar-refractivity contribution is 6.17. The summed E-state index contributed by atoms with van der Waals surface area (Å²) in [7, 11) is 0. The molecule has 0 saturated carbocycles. The zero-order chi connectivity index (χ0) is 9.14. The Balaban J connectivity index is 3.11. The molecule has 0 amide bonds. The Morgan fingerprint density at radius 3 is 2.67 bits per heavy atom. The average Bonchev–Trinajstić information content (AvgIpc) is 2.04. The monoisotopic (exact) mass is 193 g/mol. The van der Waals surface area contributed by atoms with Crippen LogP contribution in [-0.2, 0) is 5.88 Å². The summed E-state index contributed by atoms with van der Waals surface area (Å²) >= 11 is 5.36. The van der Waals surface area contributed by atoms with Crippen LogP contribution in [0, 0.1) is 0 Å². The van der Waals surface area contributed by atoms with Gasteiger partial charge in [-0.05, 0) is 0 Å². The third-order valence-electron chi connectivity index (χ3n) is 1.40. The molecule has 0 aliphatic heterocycles. The molecule has 66 valence electrons. The lowest BCUT2D eigenvalue weighted by Gasteiger charge is -1.99. The highest BCUT2D eigenvalue weighted by atomic mass is 35.5. The summed E-state index contributed by atoms with van der Waals surface area (Å²) in [5.41, 5.74) is -0.547. The molecule has 0 unspecified atom stereocenters. The van der Waals surface area contributed by atoms with Crippen LogP contribution in [0.15, 0.2) is 17.1 Å². The van der Waals surface area contributed by atoms with Crippen molar-refractivity contribution in [2.24, 2.45) is 0 Å². The van der Waals surface area contributed by atoms with Crippen LogP contribution >= 0.6 is 11.6 Å². The molecule has 1 N–H and O–H groups in total. The molecular formula is C7H6ClF2NO. The summed E-state index contributed by atoms with van der Waals surface area (Å²) in [6, 6.07) is 0.863. The van der Waals surface area contributed by atoms with Gasteiger partial charge < -0.3 is 4.98 Å². The van der Waals surface area contributed by atoms with Gasteiger partial charge in [-0.25, -0.2) is 8.78 Å². The van der Waals surface area contributed by atoms with E-state index in [0.29, 0.717) is 5.56 Å². The van der Waals surface area contributed by atoms with Crippen molar-refractivity contribution in [2.75, 3.05) is 0 Å². The van der Waals surface area contributed by atoms with Crippen molar-refractivity contribution in [3.8, 4) is 0 Å². The Morgan fingerprint density at radius 2 is 2.25 bits per heavy atom. The van der Waals surface area contributed by atoms with Gasteiger partial charge in [-0.1, -0.05) is 0 Å². The van der Waals surface area contributed by atoms with Gasteiger partial charge in [0.05, 0.1) is 11.6 Å². The second-order valence-corrected chi connectivity index (χ2v) is 2.48. The molecule has 0 radical (unpaired) electrons. The number of hydrogen-bond donors (Lipinski definition) is 1. The maximum Gasteiger partial charge on any atom is 0.278 e. The van der Waals surface area contributed by atoms with Crippen LogP contribution in [0.3, 0.4) is 0 Å². The van der Waals surface area contributed by atoms with Gasteiger partial charge in [-0.3, -0.25) is 4.79 Å². The van der Waals surface area contributed by atoms with Crippen molar-refractivity contribution in [3.05, 3.63) is 33.7 Å². The van der Waals surface area contributed by atoms with E-state index in [1.54, 1.807) is 0 Å². The van der Waals surface area contributed by atoms with Crippen LogP contribution in [0.4, 0.5) is 8.78 Å². The minimum Gasteiger partial charge on any atom is -0.360 e. The summed E-state index contributed by atoms with van der Waals surface area (Å²) < 4.78 is 24.0. The largest absolute Gasteiger partial charge is 0.360 e. The van der Waals surface area contributed by atoms with E-state index in [2.05, 4.69) is 4.98 Å². The summed E-state index contributed by atoms with van der Waals surface area (Å²) in [5, 5.41) is 0. The molecule has 0 aromatic carbocycles. The summed E-state index contributed by atoms with van der Waals surface area (Å²) in [6.07, 6.45) is -1.45. The number of H-pyrrole nitrogens is 1. The number of nitrogens with one attached hydrogen (secondary N) is 1. The van der Waals surface area contributed by atoms with Crippen molar-refractivity contribution in [1.29, 1.82) is 0 Å². The smallest absolute Gasteiger partial charge is 0.278 e. The quantitative estimate of drug-likeness (QED) is 0.717. The van der Waals surface area contributed by atoms with Gasteiger partial charge in [0.2, 0.25) is 0 Å². The molecule has 0 spiro atoms. The van der Waals surface area contributed by atoms with Crippen LogP contribution in [0.1, 0.15) is 17.7 Å². The molecule has 1 aromatic heterocycles. The summed E-state index contributed by atoms with van der Waals surface area (Å²) in [6.45, 7) is 0. The molecule has 0 fully saturated rings. The van der Waals surface area contributed by atoms with Crippen molar-refractivity contribution >= 4 is 11.6 Å². The first kappa shape index (κ1) is 9.19. The number of aromatic amines is 1. The molecular weight excluding hydrogens is 188 g/mol. The van der Waals surface area contributed by atoms with Gasteiger partial charge in [-0.15, -0.1) is 11.6 Å². The Morgan fingerprint density at radius 1 is 1.58 bits per heavy atom. The van der Waals surface area contributed by atoms with Crippen LogP contribution < -0.4 is 5.43 Å². The number of alkyl halides is 3. The molecule has 0 aliphatic rings. The highest BCUT2D eigenvalue weighted by Crippen LogP contribution is 2.13. The molecule has 0 bridgehead atoms. The van der Waals surface area contributed by atoms with Crippen molar-refractivity contribution < 1.29 is 8.78 Å². The number of pyridine rings is 1. The molecule has 0 aliphatic carbocycles. The normalized spacial score (nSPS) is 10.7. The molecule has 2 nitrogen and oxygen atoms in total. The Hall–Kier alpha value is -0.900. The molecule has 1 aromatic rings. The van der Waals surface area contributed by atoms with Gasteiger partial charge in [0, 0.05) is 17.8 Å². The molecule has 1 heterocycles. The molecule has 12 heavy (non-hydrogen) atoms. The fraction of sp³-hybridized carbons (Fsp3) is 0.286. The van der Waals surface area contributed by atoms with E-state index >= 15 is 0 Å². The Kier molecular flexibility index (Phi) is 2.81. The van der Waals surface area contributed by atoms with E-state index in [1.807, 2.05) is 0 Å². The van der Waals surface area contributed by atoms with E-state index in [0.717, 1.165) is 6.07 Å². The second-order valence-electron chi connectivity index (χ2n) is 2.21. The number of aromatic nitrogens is 1. The van der Waals surface area contributed by atoms with Gasteiger partial charge in [0.15, 0.2) is 5.43 Å². The SMILES string of the molecule is O=c1cc(C(F)F)[nH]cc1CCl. The van der Waals surface area contributed by atoms with Crippen LogP contribution in [-0.4, -0.2) is 4.98 Å². The van der Waals surface area contributed by atoms with E-state index in [9.17, 15) is 13.6 Å². The van der Waals surface area contributed by atoms with Crippen molar-refractivity contribution in [1.82, 2.24) is 4.98 Å². The van der Waals surface area contributed by atoms with Gasteiger partial charge >= 0.3 is 0 Å². The molecule has 0 atom stereocenters. The van der Waals surface area contributed by atoms with Gasteiger partial charge in [-0.2, -0.15) is 0 Å². The van der Waals surface area contributed by atoms with E-state index in [4.69, 9.17) is 11.6 Å². The molecule has 0 saturated heterocycles. The third-order valence-corrected chi connectivity index (χ3v) is 1.68. The number of hydrogen-bond acceptors (Lipinski definition) is 1. The predicted octanol–water partition coefficient (Wildman–Crippen LogP) is 2.05. The van der Waals surface area contributed by atoms with Gasteiger partial charge in [0.1, 0.15) is 0 Å². The number of rotatable bonds is 2. The second kappa shape index (κ2) is 3.67. The predicted molar refractivity (Wildman–Crippen MR) is 41.6 cm³/mol. The van der Waals surface area contributed by atoms with Crippen molar-refractivity contribution in [2.45, 2.75) is 12.3 Å². The lowest BCUT2D eigenvalue weighted by atomic mass is 10.2. The maximum absolute atomic E-state index is 12.0. The first-order valence-corrected chi connectivity index (χ1v) is 3.74. The number of halogens is 3. The lowest BCUT2D eigenvalue weighted by molar-refractivity contribution is 0.146. The first-order chi connectivity index (χ1) is 5.65. The van der Waals surface area contributed by atoms with E-state index in [-0.39, 0.29) is 11.6 Å². The topological polar surface area (TPSA) is 32.9 Å². The first-order valence-electron chi connectivity index (χ1n) is 3.20. The van der Waals surface area contributed by atoms with Crippen LogP contribution in [0.5, 0.6) is 0 Å². The average molecular weight is 194 g/mol. The zero-order valence-electron chi connectivity index (χ0n) is 5.98. The Bertz CT molecular complexity index is 323. The molecule has 5 heteroatoms. The van der Waals surface area contributed by atoms with Crippen LogP contribution in [0.2, 0.25) is 0 Å². The lowest BCUT2D eigenvalue weighted by Crippen LogP contribution is -2.08. The van der Waals surface area contributed by atoms with Crippen LogP contribution in [0.25, 0.3) is 0 Å². The zero-order valence-corrected chi connectivity index (χ0v) is 6.74. The summed E-state index contributed by atoms with van der Waals surface area (Å²) in [4.78, 5) is 13.2. The fourth-order valence-electron chi connectivity index (χ4n) is 0.748. The maximum atomic E-state index is 12.0. The molecule has 1 rings (SSSR count). The third kappa shape index (κ3) is 1.82. The highest BCUT2D eigenvalue weighted by Gasteiger charge is 2.08. The Labute approximate surface area is 72.2 Å². The standard InChI is InChI=1S/C7H6ClF2NO/c8-2-4-3-11-5(7(9)10)1-6(4)12/h1,3,7H,2H2,(H,11,12). The van der Waals surface area contributed by atoms with E-state index < -0.39 is 11.9 Å². The summed E-state index contributed by atoms with van der Waals surface area (Å²) in [5.74, 6) is 0.0266. The van der Waals surface area contributed by atoms with Crippen molar-refractivity contribution in [3.63, 3.8) is 0 Å². The van der Waals surface area contributed by atoms with Gasteiger partial charge in [0.25, 0.3) is 6.43 Å². The minimum absolute atomic E-state index is 0.0266.